The van der Waals surface area contributed by atoms with Gasteiger partial charge in [-0.3, -0.25) is 19.3 Å². The van der Waals surface area contributed by atoms with Crippen LogP contribution in [-0.4, -0.2) is 46.1 Å². The Kier molecular flexibility index (Phi) is 3.63. The van der Waals surface area contributed by atoms with Crippen LogP contribution >= 0.6 is 0 Å². The van der Waals surface area contributed by atoms with E-state index in [-0.39, 0.29) is 6.04 Å². The third-order valence-corrected chi connectivity index (χ3v) is 4.09. The van der Waals surface area contributed by atoms with E-state index in [2.05, 4.69) is 5.32 Å². The summed E-state index contributed by atoms with van der Waals surface area (Å²) < 4.78 is 0. The molecule has 0 unspecified atom stereocenters. The Balaban J connectivity index is 1.67. The first kappa shape index (κ1) is 15.2. The summed E-state index contributed by atoms with van der Waals surface area (Å²) >= 11 is 0. The van der Waals surface area contributed by atoms with Crippen LogP contribution in [0.2, 0.25) is 0 Å². The van der Waals surface area contributed by atoms with E-state index >= 15 is 0 Å². The van der Waals surface area contributed by atoms with Crippen LogP contribution in [0.25, 0.3) is 0 Å². The number of amides is 5. The average Bonchev–Trinajstić information content (AvgIpc) is 3.29. The van der Waals surface area contributed by atoms with E-state index < -0.39 is 30.3 Å². The Labute approximate surface area is 133 Å². The van der Waals surface area contributed by atoms with Crippen LogP contribution in [0.1, 0.15) is 24.0 Å². The minimum Gasteiger partial charge on any atom is -0.325 e. The number of hydrogen-bond acceptors (Lipinski definition) is 4. The van der Waals surface area contributed by atoms with E-state index in [0.717, 1.165) is 16.0 Å². The van der Waals surface area contributed by atoms with Gasteiger partial charge in [0, 0.05) is 11.7 Å². The van der Waals surface area contributed by atoms with Crippen molar-refractivity contribution in [3.63, 3.8) is 0 Å². The van der Waals surface area contributed by atoms with Gasteiger partial charge in [-0.05, 0) is 49.9 Å². The zero-order valence-electron chi connectivity index (χ0n) is 13.0. The van der Waals surface area contributed by atoms with Crippen molar-refractivity contribution < 1.29 is 19.2 Å². The van der Waals surface area contributed by atoms with Gasteiger partial charge in [0.15, 0.2) is 0 Å². The molecule has 1 N–H and O–H groups in total. The second-order valence-electron chi connectivity index (χ2n) is 5.93. The molecule has 0 atom stereocenters. The molecule has 1 aromatic rings. The molecule has 1 aromatic carbocycles. The number of imide groups is 2. The first-order chi connectivity index (χ1) is 10.9. The molecule has 23 heavy (non-hydrogen) atoms. The van der Waals surface area contributed by atoms with Crippen molar-refractivity contribution in [1.29, 1.82) is 0 Å². The summed E-state index contributed by atoms with van der Waals surface area (Å²) in [6, 6.07) is 4.54. The highest BCUT2D eigenvalue weighted by Gasteiger charge is 2.51. The fourth-order valence-corrected chi connectivity index (χ4v) is 2.48. The Morgan fingerprint density at radius 3 is 2.43 bits per heavy atom. The lowest BCUT2D eigenvalue weighted by atomic mass is 10.1. The molecule has 7 nitrogen and oxygen atoms in total. The van der Waals surface area contributed by atoms with Crippen LogP contribution in [0.3, 0.4) is 0 Å². The quantitative estimate of drug-likeness (QED) is 0.668. The van der Waals surface area contributed by atoms with Gasteiger partial charge in [0.2, 0.25) is 5.91 Å². The van der Waals surface area contributed by atoms with Crippen molar-refractivity contribution in [3.05, 3.63) is 29.3 Å². The lowest BCUT2D eigenvalue weighted by Crippen LogP contribution is -2.39. The molecule has 0 bridgehead atoms. The number of nitrogens with one attached hydrogen (secondary N) is 1. The van der Waals surface area contributed by atoms with Gasteiger partial charge in [-0.1, -0.05) is 6.07 Å². The second kappa shape index (κ2) is 5.49. The first-order valence-electron chi connectivity index (χ1n) is 7.44. The molecule has 0 aromatic heterocycles. The van der Waals surface area contributed by atoms with Crippen LogP contribution < -0.4 is 5.32 Å². The molecular weight excluding hydrogens is 298 g/mol. The van der Waals surface area contributed by atoms with Gasteiger partial charge in [0.25, 0.3) is 0 Å². The predicted molar refractivity (Wildman–Crippen MR) is 81.5 cm³/mol. The maximum atomic E-state index is 12.1. The van der Waals surface area contributed by atoms with Gasteiger partial charge in [-0.2, -0.15) is 0 Å². The van der Waals surface area contributed by atoms with Crippen molar-refractivity contribution in [2.75, 3.05) is 11.9 Å². The second-order valence-corrected chi connectivity index (χ2v) is 5.93. The Bertz CT molecular complexity index is 724. The van der Waals surface area contributed by atoms with E-state index in [0.29, 0.717) is 23.4 Å². The van der Waals surface area contributed by atoms with Crippen molar-refractivity contribution in [3.8, 4) is 0 Å². The molecule has 0 spiro atoms. The van der Waals surface area contributed by atoms with E-state index in [1.165, 1.54) is 0 Å². The summed E-state index contributed by atoms with van der Waals surface area (Å²) in [7, 11) is 0. The van der Waals surface area contributed by atoms with Gasteiger partial charge in [0.1, 0.15) is 6.54 Å². The molecule has 5 amide bonds. The molecule has 1 saturated carbocycles. The third kappa shape index (κ3) is 2.81. The first-order valence-corrected chi connectivity index (χ1v) is 7.44. The number of aryl methyl sites for hydroxylation is 2. The highest BCUT2D eigenvalue weighted by Crippen LogP contribution is 2.30. The van der Waals surface area contributed by atoms with Crippen molar-refractivity contribution in [1.82, 2.24) is 9.80 Å². The zero-order chi connectivity index (χ0) is 16.7. The highest BCUT2D eigenvalue weighted by atomic mass is 16.2. The third-order valence-electron chi connectivity index (χ3n) is 4.09. The molecular formula is C16H17N3O4. The molecule has 1 saturated heterocycles. The van der Waals surface area contributed by atoms with E-state index in [4.69, 9.17) is 0 Å². The molecule has 0 radical (unpaired) electrons. The number of urea groups is 1. The topological polar surface area (TPSA) is 86.8 Å². The maximum Gasteiger partial charge on any atom is 0.334 e. The van der Waals surface area contributed by atoms with Gasteiger partial charge in [-0.25, -0.2) is 9.69 Å². The van der Waals surface area contributed by atoms with Crippen LogP contribution in [0.4, 0.5) is 10.5 Å². The van der Waals surface area contributed by atoms with E-state index in [1.807, 2.05) is 26.0 Å². The molecule has 1 heterocycles. The van der Waals surface area contributed by atoms with E-state index in [1.54, 1.807) is 6.07 Å². The van der Waals surface area contributed by atoms with Crippen molar-refractivity contribution >= 4 is 29.4 Å². The highest BCUT2D eigenvalue weighted by molar-refractivity contribution is 6.45. The van der Waals surface area contributed by atoms with Gasteiger partial charge in [-0.15, -0.1) is 0 Å². The number of rotatable bonds is 4. The summed E-state index contributed by atoms with van der Waals surface area (Å²) in [4.78, 5) is 49.6. The predicted octanol–water partition coefficient (Wildman–Crippen LogP) is 1.20. The summed E-state index contributed by atoms with van der Waals surface area (Å²) in [5.74, 6) is -2.28. The summed E-state index contributed by atoms with van der Waals surface area (Å²) in [6.45, 7) is 3.42. The molecule has 2 fully saturated rings. The fourth-order valence-electron chi connectivity index (χ4n) is 2.48. The minimum atomic E-state index is -0.933. The van der Waals surface area contributed by atoms with E-state index in [9.17, 15) is 19.2 Å². The lowest BCUT2D eigenvalue weighted by molar-refractivity contribution is -0.143. The molecule has 1 aliphatic carbocycles. The number of anilines is 1. The van der Waals surface area contributed by atoms with Gasteiger partial charge >= 0.3 is 17.8 Å². The summed E-state index contributed by atoms with van der Waals surface area (Å²) in [6.07, 6.45) is 1.43. The number of hydrogen-bond donors (Lipinski definition) is 1. The molecule has 1 aliphatic heterocycles. The standard InChI is InChI=1S/C16H17N3O4/c1-9-3-4-11(7-10(9)2)17-13(20)8-18-14(21)15(22)19(16(18)23)12-5-6-12/h3-4,7,12H,5-6,8H2,1-2H3,(H,17,20). The Morgan fingerprint density at radius 1 is 1.13 bits per heavy atom. The van der Waals surface area contributed by atoms with Crippen molar-refractivity contribution in [2.24, 2.45) is 0 Å². The number of nitrogens with zero attached hydrogens (tertiary/aromatic N) is 2. The smallest absolute Gasteiger partial charge is 0.325 e. The molecule has 3 rings (SSSR count). The maximum absolute atomic E-state index is 12.1. The van der Waals surface area contributed by atoms with Gasteiger partial charge < -0.3 is 5.32 Å². The minimum absolute atomic E-state index is 0.188. The summed E-state index contributed by atoms with van der Waals surface area (Å²) in [5, 5.41) is 2.64. The average molecular weight is 315 g/mol. The van der Waals surface area contributed by atoms with Crippen LogP contribution in [0.15, 0.2) is 18.2 Å². The Hall–Kier alpha value is -2.70. The number of carbonyl (C=O) groups excluding carboxylic acids is 4. The SMILES string of the molecule is Cc1ccc(NC(=O)CN2C(=O)C(=O)N(C3CC3)C2=O)cc1C. The van der Waals surface area contributed by atoms with Crippen molar-refractivity contribution in [2.45, 2.75) is 32.7 Å². The fraction of sp³-hybridized carbons (Fsp3) is 0.375. The number of carbonyl (C=O) groups is 4. The molecule has 7 heteroatoms. The van der Waals surface area contributed by atoms with Crippen LogP contribution in [0.5, 0.6) is 0 Å². The summed E-state index contributed by atoms with van der Waals surface area (Å²) in [5.41, 5.74) is 2.70. The molecule has 2 aliphatic rings. The number of benzene rings is 1. The van der Waals surface area contributed by atoms with Gasteiger partial charge in [0.05, 0.1) is 0 Å². The zero-order valence-corrected chi connectivity index (χ0v) is 13.0. The van der Waals surface area contributed by atoms with Crippen LogP contribution in [-0.2, 0) is 14.4 Å². The normalized spacial score (nSPS) is 17.9. The largest absolute Gasteiger partial charge is 0.334 e. The molecule has 120 valence electrons. The Morgan fingerprint density at radius 2 is 1.83 bits per heavy atom. The van der Waals surface area contributed by atoms with Crippen LogP contribution in [0, 0.1) is 13.8 Å². The lowest BCUT2D eigenvalue weighted by Gasteiger charge is -2.15. The monoisotopic (exact) mass is 315 g/mol.